The summed E-state index contributed by atoms with van der Waals surface area (Å²) in [4.78, 5) is 9.17. The number of nitrogens with one attached hydrogen (secondary N) is 1. The summed E-state index contributed by atoms with van der Waals surface area (Å²) in [7, 11) is 1.60. The van der Waals surface area contributed by atoms with Crippen molar-refractivity contribution in [2.45, 2.75) is 6.17 Å². The van der Waals surface area contributed by atoms with Crippen LogP contribution in [0.15, 0.2) is 41.4 Å². The number of nitrogens with two attached hydrogens (primary N) is 1. The van der Waals surface area contributed by atoms with Gasteiger partial charge in [-0.25, -0.2) is 9.98 Å². The quantitative estimate of drug-likeness (QED) is 0.743. The van der Waals surface area contributed by atoms with E-state index in [1.54, 1.807) is 7.11 Å². The molecule has 3 N–H and O–H groups in total. The Hall–Kier alpha value is -3.42. The number of hydrogen-bond donors (Lipinski definition) is 2. The van der Waals surface area contributed by atoms with Crippen molar-refractivity contribution in [3.05, 3.63) is 42.0 Å². The average molecular weight is 337 g/mol. The van der Waals surface area contributed by atoms with Crippen LogP contribution in [-0.4, -0.2) is 29.4 Å². The van der Waals surface area contributed by atoms with Crippen molar-refractivity contribution < 1.29 is 14.2 Å². The number of fused-ring (bicyclic) bond motifs is 4. The van der Waals surface area contributed by atoms with Crippen LogP contribution in [0.2, 0.25) is 0 Å². The zero-order valence-electron chi connectivity index (χ0n) is 13.4. The van der Waals surface area contributed by atoms with Crippen molar-refractivity contribution in [3.8, 4) is 17.2 Å². The predicted molar refractivity (Wildman–Crippen MR) is 92.2 cm³/mol. The molecule has 0 fully saturated rings. The molecule has 0 saturated carbocycles. The molecule has 2 aliphatic rings. The lowest BCUT2D eigenvalue weighted by molar-refractivity contribution is 0.171. The van der Waals surface area contributed by atoms with Gasteiger partial charge in [0.25, 0.3) is 0 Å². The third kappa shape index (κ3) is 2.00. The van der Waals surface area contributed by atoms with E-state index in [-0.39, 0.29) is 13.0 Å². The van der Waals surface area contributed by atoms with Crippen molar-refractivity contribution in [3.63, 3.8) is 0 Å². The Kier molecular flexibility index (Phi) is 2.81. The van der Waals surface area contributed by atoms with E-state index in [4.69, 9.17) is 19.9 Å². The molecule has 8 nitrogen and oxygen atoms in total. The highest BCUT2D eigenvalue weighted by Crippen LogP contribution is 2.44. The Bertz CT molecular complexity index is 1030. The molecule has 126 valence electrons. The number of rotatable bonds is 2. The molecule has 2 aromatic carbocycles. The van der Waals surface area contributed by atoms with E-state index in [0.717, 1.165) is 16.6 Å². The van der Waals surface area contributed by atoms with Gasteiger partial charge in [-0.05, 0) is 24.3 Å². The highest BCUT2D eigenvalue weighted by Gasteiger charge is 2.28. The van der Waals surface area contributed by atoms with Crippen LogP contribution in [0, 0.1) is 0 Å². The van der Waals surface area contributed by atoms with E-state index < -0.39 is 0 Å². The molecule has 25 heavy (non-hydrogen) atoms. The largest absolute Gasteiger partial charge is 0.493 e. The fraction of sp³-hybridized carbons (Fsp3) is 0.176. The topological polar surface area (TPSA) is 95.9 Å². The molecule has 0 spiro atoms. The van der Waals surface area contributed by atoms with Crippen LogP contribution >= 0.6 is 0 Å². The zero-order valence-corrected chi connectivity index (χ0v) is 13.4. The molecule has 3 heterocycles. The van der Waals surface area contributed by atoms with Crippen molar-refractivity contribution in [1.29, 1.82) is 0 Å². The first kappa shape index (κ1) is 14.0. The number of anilines is 1. The molecule has 3 aromatic rings. The number of imidazole rings is 1. The molecule has 0 saturated heterocycles. The normalized spacial score (nSPS) is 17.8. The van der Waals surface area contributed by atoms with Crippen LogP contribution in [0.1, 0.15) is 11.7 Å². The summed E-state index contributed by atoms with van der Waals surface area (Å²) in [6, 6.07) is 11.7. The minimum absolute atomic E-state index is 0.173. The fourth-order valence-electron chi connectivity index (χ4n) is 3.24. The number of para-hydroxylation sites is 2. The number of methoxy groups -OCH3 is 1. The van der Waals surface area contributed by atoms with Crippen LogP contribution in [0.3, 0.4) is 0 Å². The second kappa shape index (κ2) is 5.04. The molecule has 0 amide bonds. The Morgan fingerprint density at radius 1 is 1.28 bits per heavy atom. The van der Waals surface area contributed by atoms with Crippen molar-refractivity contribution in [1.82, 2.24) is 9.55 Å². The van der Waals surface area contributed by atoms with Gasteiger partial charge in [0.05, 0.1) is 18.1 Å². The molecule has 0 bridgehead atoms. The first-order valence-corrected chi connectivity index (χ1v) is 7.79. The molecule has 1 aromatic heterocycles. The summed E-state index contributed by atoms with van der Waals surface area (Å²) in [6.45, 7) is 0.173. The van der Waals surface area contributed by atoms with Gasteiger partial charge >= 0.3 is 0 Å². The number of hydrogen-bond acceptors (Lipinski definition) is 7. The third-order valence-corrected chi connectivity index (χ3v) is 4.32. The Morgan fingerprint density at radius 3 is 3.04 bits per heavy atom. The molecule has 5 rings (SSSR count). The van der Waals surface area contributed by atoms with Crippen LogP contribution in [-0.2, 0) is 0 Å². The summed E-state index contributed by atoms with van der Waals surface area (Å²) >= 11 is 0. The number of nitrogens with zero attached hydrogens (tertiary/aromatic N) is 3. The number of aromatic nitrogens is 2. The second-order valence-corrected chi connectivity index (χ2v) is 5.76. The number of guanidine groups is 1. The van der Waals surface area contributed by atoms with Crippen LogP contribution in [0.25, 0.3) is 11.0 Å². The molecule has 0 unspecified atom stereocenters. The van der Waals surface area contributed by atoms with Gasteiger partial charge in [-0.2, -0.15) is 0 Å². The smallest absolute Gasteiger partial charge is 0.231 e. The molecule has 2 aliphatic heterocycles. The van der Waals surface area contributed by atoms with Crippen molar-refractivity contribution >= 4 is 22.9 Å². The third-order valence-electron chi connectivity index (χ3n) is 4.32. The molecule has 8 heteroatoms. The monoisotopic (exact) mass is 337 g/mol. The van der Waals surface area contributed by atoms with E-state index in [0.29, 0.717) is 29.2 Å². The lowest BCUT2D eigenvalue weighted by atomic mass is 10.1. The standard InChI is InChI=1S/C17H15N5O3/c1-23-12-6-9(7-13-14(12)25-8-24-13)15-20-16(18)21-17-19-10-4-2-3-5-11(10)22(15)17/h2-7,15H,8H2,1H3,(H3,18,19,20,21)/t15-/m1/s1. The van der Waals surface area contributed by atoms with E-state index in [2.05, 4.69) is 15.3 Å². The van der Waals surface area contributed by atoms with Crippen molar-refractivity contribution in [2.24, 2.45) is 10.7 Å². The van der Waals surface area contributed by atoms with Crippen LogP contribution in [0.4, 0.5) is 5.95 Å². The SMILES string of the molecule is COc1cc([C@@H]2N=C(N)Nc3nc4ccccc4n32)cc2c1OCO2. The Morgan fingerprint density at radius 2 is 2.16 bits per heavy atom. The summed E-state index contributed by atoms with van der Waals surface area (Å²) in [5.74, 6) is 2.79. The number of aliphatic imine (C=N–C) groups is 1. The van der Waals surface area contributed by atoms with Gasteiger partial charge < -0.3 is 19.9 Å². The van der Waals surface area contributed by atoms with E-state index in [1.807, 2.05) is 41.0 Å². The predicted octanol–water partition coefficient (Wildman–Crippen LogP) is 2.06. The van der Waals surface area contributed by atoms with Crippen LogP contribution < -0.4 is 25.3 Å². The van der Waals surface area contributed by atoms with Gasteiger partial charge in [-0.15, -0.1) is 0 Å². The van der Waals surface area contributed by atoms with Gasteiger partial charge in [0.2, 0.25) is 18.5 Å². The van der Waals surface area contributed by atoms with Crippen molar-refractivity contribution in [2.75, 3.05) is 19.2 Å². The molecular weight excluding hydrogens is 322 g/mol. The zero-order chi connectivity index (χ0) is 17.0. The summed E-state index contributed by atoms with van der Waals surface area (Å²) in [5, 5.41) is 3.02. The van der Waals surface area contributed by atoms with Crippen LogP contribution in [0.5, 0.6) is 17.2 Å². The van der Waals surface area contributed by atoms with Gasteiger partial charge in [-0.1, -0.05) is 12.1 Å². The number of benzene rings is 2. The Labute approximate surface area is 142 Å². The summed E-state index contributed by atoms with van der Waals surface area (Å²) in [5.41, 5.74) is 8.68. The number of ether oxygens (including phenoxy) is 3. The lowest BCUT2D eigenvalue weighted by Crippen LogP contribution is -2.31. The molecule has 0 radical (unpaired) electrons. The maximum atomic E-state index is 5.98. The first-order valence-electron chi connectivity index (χ1n) is 7.79. The molecule has 1 atom stereocenters. The molecular formula is C17H15N5O3. The average Bonchev–Trinajstić information content (AvgIpc) is 3.23. The maximum Gasteiger partial charge on any atom is 0.231 e. The fourth-order valence-corrected chi connectivity index (χ4v) is 3.24. The lowest BCUT2D eigenvalue weighted by Gasteiger charge is -2.24. The summed E-state index contributed by atoms with van der Waals surface area (Å²) in [6.07, 6.45) is -0.382. The van der Waals surface area contributed by atoms with Gasteiger partial charge in [0.1, 0.15) is 0 Å². The van der Waals surface area contributed by atoms with E-state index in [9.17, 15) is 0 Å². The minimum Gasteiger partial charge on any atom is -0.493 e. The highest BCUT2D eigenvalue weighted by molar-refractivity contribution is 5.94. The second-order valence-electron chi connectivity index (χ2n) is 5.76. The van der Waals surface area contributed by atoms with Gasteiger partial charge in [0.15, 0.2) is 23.6 Å². The summed E-state index contributed by atoms with van der Waals surface area (Å²) < 4.78 is 18.5. The first-order chi connectivity index (χ1) is 12.2. The Balaban J connectivity index is 1.73. The molecule has 0 aliphatic carbocycles. The van der Waals surface area contributed by atoms with Gasteiger partial charge in [0, 0.05) is 5.56 Å². The minimum atomic E-state index is -0.382. The maximum absolute atomic E-state index is 5.98. The highest BCUT2D eigenvalue weighted by atomic mass is 16.7. The van der Waals surface area contributed by atoms with E-state index >= 15 is 0 Å². The van der Waals surface area contributed by atoms with E-state index in [1.165, 1.54) is 0 Å². The van der Waals surface area contributed by atoms with Gasteiger partial charge in [-0.3, -0.25) is 9.88 Å².